The van der Waals surface area contributed by atoms with Crippen molar-refractivity contribution in [2.45, 2.75) is 58.6 Å². The summed E-state index contributed by atoms with van der Waals surface area (Å²) in [5, 5.41) is 0. The Balaban J connectivity index is 1.90. The lowest BCUT2D eigenvalue weighted by Crippen LogP contribution is -2.12. The number of ether oxygens (including phenoxy) is 1. The quantitative estimate of drug-likeness (QED) is 0.321. The Bertz CT molecular complexity index is 936. The first-order valence-corrected chi connectivity index (χ1v) is 11.4. The Morgan fingerprint density at radius 3 is 2.53 bits per heavy atom. The minimum Gasteiger partial charge on any atom is -0.489 e. The molecule has 0 N–H and O–H groups in total. The van der Waals surface area contributed by atoms with Crippen molar-refractivity contribution < 1.29 is 9.53 Å². The van der Waals surface area contributed by atoms with Gasteiger partial charge in [0.05, 0.1) is 12.4 Å². The van der Waals surface area contributed by atoms with Crippen molar-refractivity contribution >= 4 is 21.7 Å². The summed E-state index contributed by atoms with van der Waals surface area (Å²) in [5.41, 5.74) is 3.23. The number of Topliss-reactive ketones (excluding diaryl/α,β-unsaturated/α-hetero) is 1. The highest BCUT2D eigenvalue weighted by atomic mass is 79.9. The third-order valence-electron chi connectivity index (χ3n) is 5.12. The Morgan fingerprint density at radius 1 is 1.10 bits per heavy atom. The standard InChI is InChI=1S/C25H29BrN2O2/c1-3-5-22(29)15-20-9-12-23(24(6-4-2)28-14-13-27-18-28)25(16-20)30-17-19-7-10-21(26)11-8-19/h7-14,16,18,24H,3-6,15,17H2,1-2H3. The number of hydrogen-bond donors (Lipinski definition) is 0. The molecular formula is C25H29BrN2O2. The van der Waals surface area contributed by atoms with Crippen molar-refractivity contribution in [1.29, 1.82) is 0 Å². The van der Waals surface area contributed by atoms with Crippen LogP contribution in [0.3, 0.4) is 0 Å². The predicted octanol–water partition coefficient (Wildman–Crippen LogP) is 6.53. The van der Waals surface area contributed by atoms with E-state index in [4.69, 9.17) is 4.74 Å². The van der Waals surface area contributed by atoms with E-state index in [1.807, 2.05) is 43.8 Å². The lowest BCUT2D eigenvalue weighted by Gasteiger charge is -2.22. The van der Waals surface area contributed by atoms with Crippen LogP contribution in [-0.2, 0) is 17.8 Å². The number of carbonyl (C=O) groups is 1. The van der Waals surface area contributed by atoms with E-state index in [9.17, 15) is 4.79 Å². The highest BCUT2D eigenvalue weighted by Gasteiger charge is 2.18. The van der Waals surface area contributed by atoms with Crippen LogP contribution < -0.4 is 4.74 Å². The van der Waals surface area contributed by atoms with Crippen molar-refractivity contribution in [3.63, 3.8) is 0 Å². The average molecular weight is 469 g/mol. The lowest BCUT2D eigenvalue weighted by molar-refractivity contribution is -0.118. The largest absolute Gasteiger partial charge is 0.489 e. The van der Waals surface area contributed by atoms with Gasteiger partial charge in [-0.25, -0.2) is 4.98 Å². The number of halogens is 1. The van der Waals surface area contributed by atoms with Crippen LogP contribution in [0.4, 0.5) is 0 Å². The molecule has 1 heterocycles. The summed E-state index contributed by atoms with van der Waals surface area (Å²) in [6.07, 6.45) is 9.64. The van der Waals surface area contributed by atoms with Gasteiger partial charge in [-0.1, -0.05) is 60.5 Å². The molecule has 0 saturated heterocycles. The maximum atomic E-state index is 12.2. The van der Waals surface area contributed by atoms with Crippen molar-refractivity contribution in [2.75, 3.05) is 0 Å². The Morgan fingerprint density at radius 2 is 1.87 bits per heavy atom. The molecule has 158 valence electrons. The molecule has 0 radical (unpaired) electrons. The second-order valence-corrected chi connectivity index (χ2v) is 8.48. The lowest BCUT2D eigenvalue weighted by atomic mass is 9.97. The summed E-state index contributed by atoms with van der Waals surface area (Å²) in [5.74, 6) is 1.11. The number of nitrogens with zero attached hydrogens (tertiary/aromatic N) is 2. The topological polar surface area (TPSA) is 44.1 Å². The molecule has 0 bridgehead atoms. The molecule has 1 unspecified atom stereocenters. The van der Waals surface area contributed by atoms with Crippen LogP contribution in [-0.4, -0.2) is 15.3 Å². The van der Waals surface area contributed by atoms with Crippen molar-refractivity contribution in [2.24, 2.45) is 0 Å². The van der Waals surface area contributed by atoms with E-state index in [-0.39, 0.29) is 11.8 Å². The molecule has 5 heteroatoms. The fourth-order valence-corrected chi connectivity index (χ4v) is 3.88. The molecule has 0 aliphatic carbocycles. The van der Waals surface area contributed by atoms with E-state index in [1.165, 1.54) is 0 Å². The average Bonchev–Trinajstić information content (AvgIpc) is 3.27. The molecule has 0 aliphatic heterocycles. The molecule has 1 aromatic heterocycles. The van der Waals surface area contributed by atoms with Gasteiger partial charge in [0, 0.05) is 35.3 Å². The third-order valence-corrected chi connectivity index (χ3v) is 5.65. The van der Waals surface area contributed by atoms with E-state index in [2.05, 4.69) is 56.7 Å². The minimum absolute atomic E-state index is 0.151. The van der Waals surface area contributed by atoms with Gasteiger partial charge < -0.3 is 9.30 Å². The summed E-state index contributed by atoms with van der Waals surface area (Å²) in [7, 11) is 0. The normalized spacial score (nSPS) is 12.0. The zero-order chi connectivity index (χ0) is 21.3. The number of imidazole rings is 1. The molecular weight excluding hydrogens is 440 g/mol. The predicted molar refractivity (Wildman–Crippen MR) is 124 cm³/mol. The van der Waals surface area contributed by atoms with Gasteiger partial charge in [-0.05, 0) is 42.2 Å². The number of hydrogen-bond acceptors (Lipinski definition) is 3. The number of carbonyl (C=O) groups excluding carboxylic acids is 1. The maximum Gasteiger partial charge on any atom is 0.137 e. The number of benzene rings is 2. The summed E-state index contributed by atoms with van der Waals surface area (Å²) < 4.78 is 9.49. The third kappa shape index (κ3) is 6.05. The van der Waals surface area contributed by atoms with Crippen LogP contribution >= 0.6 is 15.9 Å². The molecule has 3 aromatic rings. The highest BCUT2D eigenvalue weighted by molar-refractivity contribution is 9.10. The minimum atomic E-state index is 0.151. The van der Waals surface area contributed by atoms with Crippen molar-refractivity contribution in [3.05, 3.63) is 82.3 Å². The first kappa shape index (κ1) is 22.3. The Kier molecular flexibility index (Phi) is 8.26. The fourth-order valence-electron chi connectivity index (χ4n) is 3.62. The van der Waals surface area contributed by atoms with Gasteiger partial charge in [0.15, 0.2) is 0 Å². The molecule has 1 atom stereocenters. The van der Waals surface area contributed by atoms with Crippen molar-refractivity contribution in [1.82, 2.24) is 9.55 Å². The van der Waals surface area contributed by atoms with E-state index in [1.54, 1.807) is 0 Å². The van der Waals surface area contributed by atoms with Gasteiger partial charge in [0.25, 0.3) is 0 Å². The molecule has 0 saturated carbocycles. The van der Waals surface area contributed by atoms with Crippen LogP contribution in [0.25, 0.3) is 0 Å². The van der Waals surface area contributed by atoms with Gasteiger partial charge in [-0.3, -0.25) is 4.79 Å². The summed E-state index contributed by atoms with van der Waals surface area (Å²) in [4.78, 5) is 16.4. The van der Waals surface area contributed by atoms with Crippen LogP contribution in [0.1, 0.15) is 62.3 Å². The van der Waals surface area contributed by atoms with Crippen molar-refractivity contribution in [3.8, 4) is 5.75 Å². The van der Waals surface area contributed by atoms with Crippen LogP contribution in [0, 0.1) is 0 Å². The van der Waals surface area contributed by atoms with Gasteiger partial charge >= 0.3 is 0 Å². The number of rotatable bonds is 11. The maximum absolute atomic E-state index is 12.2. The molecule has 0 amide bonds. The Hall–Kier alpha value is -2.40. The van der Waals surface area contributed by atoms with E-state index in [0.717, 1.165) is 46.2 Å². The van der Waals surface area contributed by atoms with Crippen LogP contribution in [0.5, 0.6) is 5.75 Å². The van der Waals surface area contributed by atoms with Crippen LogP contribution in [0.15, 0.2) is 65.7 Å². The van der Waals surface area contributed by atoms with Gasteiger partial charge in [-0.2, -0.15) is 0 Å². The molecule has 30 heavy (non-hydrogen) atoms. The van der Waals surface area contributed by atoms with Gasteiger partial charge in [0.2, 0.25) is 0 Å². The summed E-state index contributed by atoms with van der Waals surface area (Å²) in [6, 6.07) is 14.5. The number of aromatic nitrogens is 2. The van der Waals surface area contributed by atoms with E-state index >= 15 is 0 Å². The fraction of sp³-hybridized carbons (Fsp3) is 0.360. The van der Waals surface area contributed by atoms with Gasteiger partial charge in [-0.15, -0.1) is 0 Å². The van der Waals surface area contributed by atoms with E-state index in [0.29, 0.717) is 19.4 Å². The second kappa shape index (κ2) is 11.1. The molecule has 0 aliphatic rings. The molecule has 4 nitrogen and oxygen atoms in total. The molecule has 0 spiro atoms. The van der Waals surface area contributed by atoms with Crippen LogP contribution in [0.2, 0.25) is 0 Å². The SMILES string of the molecule is CCCC(=O)Cc1ccc(C(CCC)n2ccnc2)c(OCc2ccc(Br)cc2)c1. The Labute approximate surface area is 187 Å². The zero-order valence-electron chi connectivity index (χ0n) is 17.7. The molecule has 2 aromatic carbocycles. The van der Waals surface area contributed by atoms with Gasteiger partial charge in [0.1, 0.15) is 18.1 Å². The number of ketones is 1. The highest BCUT2D eigenvalue weighted by Crippen LogP contribution is 2.33. The zero-order valence-corrected chi connectivity index (χ0v) is 19.3. The first-order valence-electron chi connectivity index (χ1n) is 10.6. The molecule has 3 rings (SSSR count). The summed E-state index contributed by atoms with van der Waals surface area (Å²) in [6.45, 7) is 4.70. The first-order chi connectivity index (χ1) is 14.6. The second-order valence-electron chi connectivity index (χ2n) is 7.57. The summed E-state index contributed by atoms with van der Waals surface area (Å²) >= 11 is 3.48. The molecule has 0 fully saturated rings. The monoisotopic (exact) mass is 468 g/mol. The smallest absolute Gasteiger partial charge is 0.137 e. The van der Waals surface area contributed by atoms with E-state index < -0.39 is 0 Å².